The Morgan fingerprint density at radius 3 is 2.32 bits per heavy atom. The van der Waals surface area contributed by atoms with Crippen molar-refractivity contribution < 1.29 is 13.2 Å². The predicted octanol–water partition coefficient (Wildman–Crippen LogP) is 4.48. The fourth-order valence-corrected chi connectivity index (χ4v) is 2.62. The Morgan fingerprint density at radius 1 is 0.880 bits per heavy atom. The van der Waals surface area contributed by atoms with Crippen molar-refractivity contribution >= 4 is 5.65 Å². The van der Waals surface area contributed by atoms with Crippen LogP contribution in [0.2, 0.25) is 0 Å². The van der Waals surface area contributed by atoms with Crippen LogP contribution in [-0.2, 0) is 6.18 Å². The fourth-order valence-electron chi connectivity index (χ4n) is 2.62. The summed E-state index contributed by atoms with van der Waals surface area (Å²) in [5.41, 5.74) is 1.04. The van der Waals surface area contributed by atoms with Crippen molar-refractivity contribution in [3.8, 4) is 22.5 Å². The molecule has 0 aliphatic carbocycles. The predicted molar refractivity (Wildman–Crippen MR) is 86.7 cm³/mol. The van der Waals surface area contributed by atoms with Crippen molar-refractivity contribution in [1.29, 1.82) is 0 Å². The van der Waals surface area contributed by atoms with Crippen molar-refractivity contribution in [2.75, 3.05) is 0 Å². The van der Waals surface area contributed by atoms with E-state index in [9.17, 15) is 13.2 Å². The molecular weight excluding hydrogens is 329 g/mol. The summed E-state index contributed by atoms with van der Waals surface area (Å²) in [4.78, 5) is 8.61. The van der Waals surface area contributed by atoms with Gasteiger partial charge < -0.3 is 0 Å². The van der Waals surface area contributed by atoms with Gasteiger partial charge in [-0.05, 0) is 18.2 Å². The molecule has 0 unspecified atom stereocenters. The molecule has 3 heterocycles. The number of pyridine rings is 1. The molecule has 124 valence electrons. The minimum Gasteiger partial charge on any atom is -0.256 e. The van der Waals surface area contributed by atoms with E-state index in [1.54, 1.807) is 54.7 Å². The van der Waals surface area contributed by atoms with Gasteiger partial charge >= 0.3 is 6.18 Å². The third-order valence-corrected chi connectivity index (χ3v) is 3.77. The zero-order chi connectivity index (χ0) is 17.4. The van der Waals surface area contributed by atoms with Crippen molar-refractivity contribution in [2.24, 2.45) is 0 Å². The number of nitrogens with zero attached hydrogens (tertiary/aromatic N) is 4. The minimum atomic E-state index is -4.56. The number of halogens is 3. The summed E-state index contributed by atoms with van der Waals surface area (Å²) < 4.78 is 41.4. The molecule has 4 nitrogen and oxygen atoms in total. The lowest BCUT2D eigenvalue weighted by molar-refractivity contribution is -0.142. The molecule has 4 rings (SSSR count). The van der Waals surface area contributed by atoms with Gasteiger partial charge in [0.05, 0.1) is 23.1 Å². The topological polar surface area (TPSA) is 43.1 Å². The van der Waals surface area contributed by atoms with Gasteiger partial charge in [-0.2, -0.15) is 18.3 Å². The Labute approximate surface area is 140 Å². The second-order valence-corrected chi connectivity index (χ2v) is 5.40. The highest BCUT2D eigenvalue weighted by Gasteiger charge is 2.35. The fraction of sp³-hybridized carbons (Fsp3) is 0.0556. The molecule has 0 amide bonds. The van der Waals surface area contributed by atoms with Crippen LogP contribution in [0.4, 0.5) is 13.2 Å². The SMILES string of the molecule is FC(F)(F)c1cc(-c2ccccc2)nc2c(-c3ccccn3)cnn12. The molecule has 0 saturated carbocycles. The molecule has 0 fully saturated rings. The summed E-state index contributed by atoms with van der Waals surface area (Å²) in [6.45, 7) is 0. The van der Waals surface area contributed by atoms with E-state index in [2.05, 4.69) is 15.1 Å². The van der Waals surface area contributed by atoms with Crippen LogP contribution in [0, 0.1) is 0 Å². The summed E-state index contributed by atoms with van der Waals surface area (Å²) >= 11 is 0. The van der Waals surface area contributed by atoms with E-state index in [1.165, 1.54) is 6.20 Å². The number of hydrogen-bond acceptors (Lipinski definition) is 3. The Morgan fingerprint density at radius 2 is 1.64 bits per heavy atom. The maximum absolute atomic E-state index is 13.5. The number of alkyl halides is 3. The van der Waals surface area contributed by atoms with Gasteiger partial charge in [-0.25, -0.2) is 9.50 Å². The first-order valence-corrected chi connectivity index (χ1v) is 7.47. The lowest BCUT2D eigenvalue weighted by Gasteiger charge is -2.11. The van der Waals surface area contributed by atoms with E-state index in [0.717, 1.165) is 10.6 Å². The van der Waals surface area contributed by atoms with E-state index < -0.39 is 11.9 Å². The molecule has 1 aromatic carbocycles. The van der Waals surface area contributed by atoms with E-state index in [-0.39, 0.29) is 11.3 Å². The van der Waals surface area contributed by atoms with Crippen LogP contribution in [0.15, 0.2) is 67.0 Å². The Bertz CT molecular complexity index is 1020. The lowest BCUT2D eigenvalue weighted by Crippen LogP contribution is -2.13. The number of aromatic nitrogens is 4. The van der Waals surface area contributed by atoms with Crippen LogP contribution in [0.25, 0.3) is 28.2 Å². The first-order chi connectivity index (χ1) is 12.0. The summed E-state index contributed by atoms with van der Waals surface area (Å²) in [6.07, 6.45) is -1.63. The zero-order valence-electron chi connectivity index (χ0n) is 12.8. The average Bonchev–Trinajstić information content (AvgIpc) is 3.05. The van der Waals surface area contributed by atoms with Gasteiger partial charge in [-0.1, -0.05) is 36.4 Å². The average molecular weight is 340 g/mol. The Kier molecular flexibility index (Phi) is 3.49. The van der Waals surface area contributed by atoms with Crippen molar-refractivity contribution in [1.82, 2.24) is 19.6 Å². The number of benzene rings is 1. The van der Waals surface area contributed by atoms with Crippen LogP contribution < -0.4 is 0 Å². The largest absolute Gasteiger partial charge is 0.433 e. The van der Waals surface area contributed by atoms with Gasteiger partial charge in [0.1, 0.15) is 0 Å². The maximum Gasteiger partial charge on any atom is 0.433 e. The van der Waals surface area contributed by atoms with Crippen LogP contribution in [0.3, 0.4) is 0 Å². The quantitative estimate of drug-likeness (QED) is 0.540. The highest BCUT2D eigenvalue weighted by molar-refractivity contribution is 5.76. The van der Waals surface area contributed by atoms with Gasteiger partial charge in [0.25, 0.3) is 0 Å². The van der Waals surface area contributed by atoms with Crippen molar-refractivity contribution in [3.05, 3.63) is 72.7 Å². The van der Waals surface area contributed by atoms with Gasteiger partial charge in [-0.3, -0.25) is 4.98 Å². The summed E-state index contributed by atoms with van der Waals surface area (Å²) in [5.74, 6) is 0. The van der Waals surface area contributed by atoms with Gasteiger partial charge in [0, 0.05) is 11.8 Å². The molecule has 0 bridgehead atoms. The van der Waals surface area contributed by atoms with Crippen LogP contribution in [-0.4, -0.2) is 19.6 Å². The van der Waals surface area contributed by atoms with Gasteiger partial charge in [-0.15, -0.1) is 0 Å². The van der Waals surface area contributed by atoms with Crippen LogP contribution >= 0.6 is 0 Å². The number of hydrogen-bond donors (Lipinski definition) is 0. The molecule has 0 spiro atoms. The molecule has 0 aliphatic rings. The maximum atomic E-state index is 13.5. The normalized spacial score (nSPS) is 11.8. The highest BCUT2D eigenvalue weighted by Crippen LogP contribution is 2.34. The molecule has 0 aliphatic heterocycles. The summed E-state index contributed by atoms with van der Waals surface area (Å²) in [6, 6.07) is 15.0. The van der Waals surface area contributed by atoms with Crippen molar-refractivity contribution in [2.45, 2.75) is 6.18 Å². The molecule has 4 aromatic rings. The molecule has 0 radical (unpaired) electrons. The summed E-state index contributed by atoms with van der Waals surface area (Å²) in [7, 11) is 0. The first-order valence-electron chi connectivity index (χ1n) is 7.47. The second-order valence-electron chi connectivity index (χ2n) is 5.40. The molecule has 3 aromatic heterocycles. The van der Waals surface area contributed by atoms with Gasteiger partial charge in [0.2, 0.25) is 0 Å². The smallest absolute Gasteiger partial charge is 0.256 e. The third-order valence-electron chi connectivity index (χ3n) is 3.77. The Hall–Kier alpha value is -3.22. The molecule has 0 N–H and O–H groups in total. The minimum absolute atomic E-state index is 0.118. The van der Waals surface area contributed by atoms with Crippen molar-refractivity contribution in [3.63, 3.8) is 0 Å². The number of fused-ring (bicyclic) bond motifs is 1. The van der Waals surface area contributed by atoms with E-state index in [4.69, 9.17) is 0 Å². The molecule has 0 atom stereocenters. The molecule has 0 saturated heterocycles. The first kappa shape index (κ1) is 15.3. The van der Waals surface area contributed by atoms with Crippen LogP contribution in [0.1, 0.15) is 5.69 Å². The standard InChI is InChI=1S/C18H11F3N4/c19-18(20,21)16-10-15(12-6-2-1-3-7-12)24-17-13(11-23-25(16)17)14-8-4-5-9-22-14/h1-11H. The lowest BCUT2D eigenvalue weighted by atomic mass is 10.1. The zero-order valence-corrected chi connectivity index (χ0v) is 12.8. The molecule has 25 heavy (non-hydrogen) atoms. The molecular formula is C18H11F3N4. The third kappa shape index (κ3) is 2.73. The van der Waals surface area contributed by atoms with E-state index in [1.807, 2.05) is 0 Å². The molecule has 7 heteroatoms. The monoisotopic (exact) mass is 340 g/mol. The second kappa shape index (κ2) is 5.70. The van der Waals surface area contributed by atoms with E-state index in [0.29, 0.717) is 16.8 Å². The van der Waals surface area contributed by atoms with Crippen LogP contribution in [0.5, 0.6) is 0 Å². The number of rotatable bonds is 2. The van der Waals surface area contributed by atoms with Gasteiger partial charge in [0.15, 0.2) is 11.3 Å². The Balaban J connectivity index is 2.03. The highest BCUT2D eigenvalue weighted by atomic mass is 19.4. The van der Waals surface area contributed by atoms with E-state index >= 15 is 0 Å². The summed E-state index contributed by atoms with van der Waals surface area (Å²) in [5, 5.41) is 3.89.